The first-order chi connectivity index (χ1) is 11.3. The summed E-state index contributed by atoms with van der Waals surface area (Å²) in [4.78, 5) is 5.24. The quantitative estimate of drug-likeness (QED) is 0.800. The fourth-order valence-electron chi connectivity index (χ4n) is 3.41. The van der Waals surface area contributed by atoms with Gasteiger partial charge in [-0.2, -0.15) is 0 Å². The van der Waals surface area contributed by atoms with Crippen LogP contribution in [0.25, 0.3) is 0 Å². The largest absolute Gasteiger partial charge is 0.298 e. The van der Waals surface area contributed by atoms with E-state index in [1.54, 1.807) is 0 Å². The predicted molar refractivity (Wildman–Crippen MR) is 97.5 cm³/mol. The van der Waals surface area contributed by atoms with Gasteiger partial charge in [0.05, 0.1) is 0 Å². The van der Waals surface area contributed by atoms with Crippen LogP contribution in [0.4, 0.5) is 0 Å². The van der Waals surface area contributed by atoms with Gasteiger partial charge in [-0.05, 0) is 30.9 Å². The van der Waals surface area contributed by atoms with E-state index in [2.05, 4.69) is 77.4 Å². The van der Waals surface area contributed by atoms with Crippen LogP contribution < -0.4 is 0 Å². The second kappa shape index (κ2) is 8.28. The average molecular weight is 308 g/mol. The minimum atomic E-state index is 0.675. The first-order valence-electron chi connectivity index (χ1n) is 8.85. The highest BCUT2D eigenvalue weighted by molar-refractivity contribution is 5.15. The van der Waals surface area contributed by atoms with E-state index in [4.69, 9.17) is 0 Å². The highest BCUT2D eigenvalue weighted by Crippen LogP contribution is 2.14. The molecule has 1 saturated heterocycles. The van der Waals surface area contributed by atoms with E-state index in [9.17, 15) is 0 Å². The molecule has 1 heterocycles. The molecule has 3 rings (SSSR count). The molecule has 0 spiro atoms. The van der Waals surface area contributed by atoms with Crippen molar-refractivity contribution in [1.29, 1.82) is 0 Å². The van der Waals surface area contributed by atoms with Crippen molar-refractivity contribution in [2.75, 3.05) is 26.2 Å². The Bertz CT molecular complexity index is 559. The number of hydrogen-bond donors (Lipinski definition) is 0. The first kappa shape index (κ1) is 16.2. The molecule has 2 heteroatoms. The van der Waals surface area contributed by atoms with Gasteiger partial charge in [0.15, 0.2) is 0 Å². The van der Waals surface area contributed by atoms with Crippen molar-refractivity contribution in [2.24, 2.45) is 0 Å². The van der Waals surface area contributed by atoms with E-state index < -0.39 is 0 Å². The van der Waals surface area contributed by atoms with E-state index in [1.807, 2.05) is 0 Å². The standard InChI is InChI=1S/C21H28N2/c1-19(12-13-20-8-4-2-5-9-20)23-16-14-22(15-17-23)18-21-10-6-3-7-11-21/h2-11,19H,12-18H2,1H3/t19-/m0/s1. The van der Waals surface area contributed by atoms with Crippen LogP contribution in [0.2, 0.25) is 0 Å². The zero-order valence-corrected chi connectivity index (χ0v) is 14.2. The van der Waals surface area contributed by atoms with Crippen molar-refractivity contribution in [3.8, 4) is 0 Å². The van der Waals surface area contributed by atoms with Crippen molar-refractivity contribution in [3.63, 3.8) is 0 Å². The lowest BCUT2D eigenvalue weighted by Gasteiger charge is -2.38. The zero-order valence-electron chi connectivity index (χ0n) is 14.2. The molecule has 122 valence electrons. The van der Waals surface area contributed by atoms with Crippen LogP contribution in [0.5, 0.6) is 0 Å². The minimum absolute atomic E-state index is 0.675. The second-order valence-corrected chi connectivity index (χ2v) is 6.67. The molecule has 2 aromatic rings. The Kier molecular flexibility index (Phi) is 5.84. The lowest BCUT2D eigenvalue weighted by atomic mass is 10.0. The highest BCUT2D eigenvalue weighted by Gasteiger charge is 2.20. The molecule has 1 fully saturated rings. The van der Waals surface area contributed by atoms with Gasteiger partial charge in [0.1, 0.15) is 0 Å². The van der Waals surface area contributed by atoms with Gasteiger partial charge < -0.3 is 0 Å². The summed E-state index contributed by atoms with van der Waals surface area (Å²) >= 11 is 0. The van der Waals surface area contributed by atoms with Gasteiger partial charge in [-0.25, -0.2) is 0 Å². The van der Waals surface area contributed by atoms with Crippen LogP contribution in [0.3, 0.4) is 0 Å². The Hall–Kier alpha value is -1.64. The molecule has 1 aliphatic heterocycles. The number of piperazine rings is 1. The molecule has 1 aliphatic rings. The van der Waals surface area contributed by atoms with Gasteiger partial charge >= 0.3 is 0 Å². The molecule has 1 atom stereocenters. The van der Waals surface area contributed by atoms with Crippen molar-refractivity contribution < 1.29 is 0 Å². The normalized spacial score (nSPS) is 18.0. The molecule has 0 aliphatic carbocycles. The van der Waals surface area contributed by atoms with Crippen LogP contribution in [0.15, 0.2) is 60.7 Å². The molecular weight excluding hydrogens is 280 g/mol. The Labute approximate surface area is 140 Å². The SMILES string of the molecule is C[C@@H](CCc1ccccc1)N1CCN(Cc2ccccc2)CC1. The summed E-state index contributed by atoms with van der Waals surface area (Å²) in [5, 5.41) is 0. The maximum atomic E-state index is 2.66. The molecule has 0 saturated carbocycles. The van der Waals surface area contributed by atoms with E-state index in [0.717, 1.165) is 6.54 Å². The summed E-state index contributed by atoms with van der Waals surface area (Å²) in [5.74, 6) is 0. The third-order valence-corrected chi connectivity index (χ3v) is 4.97. The molecule has 23 heavy (non-hydrogen) atoms. The van der Waals surface area contributed by atoms with Crippen molar-refractivity contribution >= 4 is 0 Å². The maximum Gasteiger partial charge on any atom is 0.0234 e. The average Bonchev–Trinajstić information content (AvgIpc) is 2.62. The summed E-state index contributed by atoms with van der Waals surface area (Å²) < 4.78 is 0. The fraction of sp³-hybridized carbons (Fsp3) is 0.429. The van der Waals surface area contributed by atoms with Gasteiger partial charge in [-0.15, -0.1) is 0 Å². The van der Waals surface area contributed by atoms with Gasteiger partial charge in [-0.1, -0.05) is 60.7 Å². The molecular formula is C21H28N2. The Morgan fingerprint density at radius 1 is 0.783 bits per heavy atom. The molecule has 2 nitrogen and oxygen atoms in total. The molecule has 2 aromatic carbocycles. The summed E-state index contributed by atoms with van der Waals surface area (Å²) in [6, 6.07) is 22.4. The number of benzene rings is 2. The monoisotopic (exact) mass is 308 g/mol. The van der Waals surface area contributed by atoms with Crippen molar-refractivity contribution in [2.45, 2.75) is 32.4 Å². The zero-order chi connectivity index (χ0) is 15.9. The number of rotatable bonds is 6. The van der Waals surface area contributed by atoms with Crippen LogP contribution >= 0.6 is 0 Å². The third kappa shape index (κ3) is 4.92. The van der Waals surface area contributed by atoms with Crippen LogP contribution in [0, 0.1) is 0 Å². The van der Waals surface area contributed by atoms with E-state index in [0.29, 0.717) is 6.04 Å². The maximum absolute atomic E-state index is 2.66. The lowest BCUT2D eigenvalue weighted by molar-refractivity contribution is 0.0947. The topological polar surface area (TPSA) is 6.48 Å². The third-order valence-electron chi connectivity index (χ3n) is 4.97. The smallest absolute Gasteiger partial charge is 0.0234 e. The predicted octanol–water partition coefficient (Wildman–Crippen LogP) is 3.83. The number of aryl methyl sites for hydroxylation is 1. The Balaban J connectivity index is 1.41. The van der Waals surface area contributed by atoms with Crippen LogP contribution in [0.1, 0.15) is 24.5 Å². The number of nitrogens with zero attached hydrogens (tertiary/aromatic N) is 2. The van der Waals surface area contributed by atoms with E-state index in [1.165, 1.54) is 50.1 Å². The van der Waals surface area contributed by atoms with Gasteiger partial charge in [-0.3, -0.25) is 9.80 Å². The van der Waals surface area contributed by atoms with Crippen LogP contribution in [-0.4, -0.2) is 42.0 Å². The lowest BCUT2D eigenvalue weighted by Crippen LogP contribution is -2.49. The first-order valence-corrected chi connectivity index (χ1v) is 8.85. The highest BCUT2D eigenvalue weighted by atomic mass is 15.3. The molecule has 0 unspecified atom stereocenters. The van der Waals surface area contributed by atoms with Gasteiger partial charge in [0.2, 0.25) is 0 Å². The molecule has 0 amide bonds. The van der Waals surface area contributed by atoms with Crippen molar-refractivity contribution in [3.05, 3.63) is 71.8 Å². The van der Waals surface area contributed by atoms with Crippen LogP contribution in [-0.2, 0) is 13.0 Å². The molecule has 0 radical (unpaired) electrons. The summed E-state index contributed by atoms with van der Waals surface area (Å²) in [7, 11) is 0. The summed E-state index contributed by atoms with van der Waals surface area (Å²) in [6.07, 6.45) is 2.44. The summed E-state index contributed by atoms with van der Waals surface area (Å²) in [5.41, 5.74) is 2.89. The fourth-order valence-corrected chi connectivity index (χ4v) is 3.41. The summed E-state index contributed by atoms with van der Waals surface area (Å²) in [6.45, 7) is 8.24. The molecule has 0 N–H and O–H groups in total. The van der Waals surface area contributed by atoms with Gasteiger partial charge in [0.25, 0.3) is 0 Å². The minimum Gasteiger partial charge on any atom is -0.298 e. The molecule has 0 aromatic heterocycles. The van der Waals surface area contributed by atoms with Crippen molar-refractivity contribution in [1.82, 2.24) is 9.80 Å². The number of hydrogen-bond acceptors (Lipinski definition) is 2. The van der Waals surface area contributed by atoms with Gasteiger partial charge in [0, 0.05) is 38.8 Å². The van der Waals surface area contributed by atoms with E-state index in [-0.39, 0.29) is 0 Å². The Morgan fingerprint density at radius 3 is 1.96 bits per heavy atom. The Morgan fingerprint density at radius 2 is 1.35 bits per heavy atom. The van der Waals surface area contributed by atoms with E-state index >= 15 is 0 Å². The second-order valence-electron chi connectivity index (χ2n) is 6.67. The molecule has 0 bridgehead atoms.